The summed E-state index contributed by atoms with van der Waals surface area (Å²) in [5.41, 5.74) is 0. The molecule has 0 aliphatic heterocycles. The van der Waals surface area contributed by atoms with Gasteiger partial charge in [-0.3, -0.25) is 0 Å². The number of halogens is 4. The molecule has 0 saturated carbocycles. The van der Waals surface area contributed by atoms with E-state index in [2.05, 4.69) is 103 Å². The number of hydrogen-bond acceptors (Lipinski definition) is 0. The number of hydrogen-bond donors (Lipinski definition) is 0. The molecule has 6 heteroatoms. The van der Waals surface area contributed by atoms with E-state index in [-0.39, 0.29) is 10.9 Å². The van der Waals surface area contributed by atoms with E-state index in [0.29, 0.717) is 0 Å². The minimum atomic E-state index is -6.00. The van der Waals surface area contributed by atoms with Gasteiger partial charge < -0.3 is 17.3 Å². The third-order valence-corrected chi connectivity index (χ3v) is 6.21. The monoisotopic (exact) mass is 400 g/mol. The van der Waals surface area contributed by atoms with E-state index >= 15 is 0 Å². The van der Waals surface area contributed by atoms with Crippen LogP contribution in [0.3, 0.4) is 0 Å². The van der Waals surface area contributed by atoms with E-state index < -0.39 is 7.25 Å². The van der Waals surface area contributed by atoms with E-state index in [1.807, 2.05) is 0 Å². The standard InChI is InChI=1S/C22H17S.BF4/c1-3-12-19(13-4-1)23(20-14-5-2-6-15-20)22-17-9-11-18-10-7-8-16-21(18)22;2-1(3,4)5/h1-17H;/q+1;-1. The molecule has 0 saturated heterocycles. The van der Waals surface area contributed by atoms with Crippen LogP contribution in [-0.2, 0) is 10.9 Å². The first-order valence-electron chi connectivity index (χ1n) is 8.63. The Bertz CT molecular complexity index is 970. The molecule has 0 aliphatic carbocycles. The van der Waals surface area contributed by atoms with Gasteiger partial charge in [-0.1, -0.05) is 66.7 Å². The van der Waals surface area contributed by atoms with Gasteiger partial charge >= 0.3 is 7.25 Å². The zero-order chi connectivity index (χ0) is 20.0. The highest BCUT2D eigenvalue weighted by Crippen LogP contribution is 2.35. The van der Waals surface area contributed by atoms with Gasteiger partial charge in [0.1, 0.15) is 0 Å². The molecule has 0 radical (unpaired) electrons. The van der Waals surface area contributed by atoms with Gasteiger partial charge in [-0.25, -0.2) is 0 Å². The van der Waals surface area contributed by atoms with Crippen molar-refractivity contribution in [3.63, 3.8) is 0 Å². The lowest BCUT2D eigenvalue weighted by Gasteiger charge is -2.10. The summed E-state index contributed by atoms with van der Waals surface area (Å²) in [5, 5.41) is 2.64. The predicted molar refractivity (Wildman–Crippen MR) is 109 cm³/mol. The van der Waals surface area contributed by atoms with Crippen molar-refractivity contribution < 1.29 is 17.3 Å². The largest absolute Gasteiger partial charge is 0.673 e. The van der Waals surface area contributed by atoms with Crippen molar-refractivity contribution in [3.05, 3.63) is 103 Å². The van der Waals surface area contributed by atoms with Gasteiger partial charge in [0.15, 0.2) is 14.7 Å². The topological polar surface area (TPSA) is 0 Å². The van der Waals surface area contributed by atoms with Crippen LogP contribution in [0.5, 0.6) is 0 Å². The van der Waals surface area contributed by atoms with Crippen LogP contribution in [0.1, 0.15) is 0 Å². The summed E-state index contributed by atoms with van der Waals surface area (Å²) < 4.78 is 39.0. The second-order valence-corrected chi connectivity index (χ2v) is 7.90. The lowest BCUT2D eigenvalue weighted by molar-refractivity contribution is 0.368. The summed E-state index contributed by atoms with van der Waals surface area (Å²) in [4.78, 5) is 4.10. The number of benzene rings is 4. The van der Waals surface area contributed by atoms with Crippen molar-refractivity contribution in [3.8, 4) is 0 Å². The average Bonchev–Trinajstić information content (AvgIpc) is 2.69. The highest BCUT2D eigenvalue weighted by molar-refractivity contribution is 7.97. The Morgan fingerprint density at radius 3 is 1.46 bits per heavy atom. The van der Waals surface area contributed by atoms with Gasteiger partial charge in [-0.05, 0) is 41.8 Å². The second kappa shape index (κ2) is 8.98. The molecule has 0 bridgehead atoms. The molecular weight excluding hydrogens is 383 g/mol. The minimum absolute atomic E-state index is 0.0892. The predicted octanol–water partition coefficient (Wildman–Crippen LogP) is 7.24. The van der Waals surface area contributed by atoms with Crippen molar-refractivity contribution in [2.75, 3.05) is 0 Å². The average molecular weight is 400 g/mol. The Morgan fingerprint density at radius 2 is 0.929 bits per heavy atom. The van der Waals surface area contributed by atoms with Crippen LogP contribution in [0.15, 0.2) is 118 Å². The Labute approximate surface area is 164 Å². The number of fused-ring (bicyclic) bond motifs is 1. The molecule has 142 valence electrons. The molecule has 28 heavy (non-hydrogen) atoms. The van der Waals surface area contributed by atoms with Crippen molar-refractivity contribution in [1.82, 2.24) is 0 Å². The fourth-order valence-corrected chi connectivity index (χ4v) is 5.14. The Morgan fingerprint density at radius 1 is 0.500 bits per heavy atom. The molecule has 0 atom stereocenters. The summed E-state index contributed by atoms with van der Waals surface area (Å²) in [7, 11) is -6.09. The van der Waals surface area contributed by atoms with Crippen LogP contribution in [0.2, 0.25) is 0 Å². The highest BCUT2D eigenvalue weighted by atomic mass is 32.2. The molecular formula is C22H17BF4S. The van der Waals surface area contributed by atoms with Gasteiger partial charge in [-0.15, -0.1) is 0 Å². The van der Waals surface area contributed by atoms with E-state index in [1.165, 1.54) is 25.5 Å². The SMILES string of the molecule is F[B-](F)(F)F.c1ccc([S+](c2ccccc2)c2cccc3ccccc23)cc1. The molecule has 0 aliphatic rings. The molecule has 0 heterocycles. The zero-order valence-corrected chi connectivity index (χ0v) is 15.6. The number of rotatable bonds is 3. The fraction of sp³-hybridized carbons (Fsp3) is 0. The van der Waals surface area contributed by atoms with Crippen LogP contribution in [0.4, 0.5) is 17.3 Å². The van der Waals surface area contributed by atoms with E-state index in [4.69, 9.17) is 0 Å². The Kier molecular flexibility index (Phi) is 6.42. The normalized spacial score (nSPS) is 11.2. The third-order valence-electron chi connectivity index (χ3n) is 3.93. The van der Waals surface area contributed by atoms with E-state index in [1.54, 1.807) is 0 Å². The first-order chi connectivity index (χ1) is 13.4. The molecule has 0 unspecified atom stereocenters. The third kappa shape index (κ3) is 5.39. The highest BCUT2D eigenvalue weighted by Gasteiger charge is 2.29. The van der Waals surface area contributed by atoms with Crippen LogP contribution < -0.4 is 0 Å². The molecule has 0 aromatic heterocycles. The maximum Gasteiger partial charge on any atom is 0.673 e. The molecule has 0 nitrogen and oxygen atoms in total. The first-order valence-corrected chi connectivity index (χ1v) is 9.85. The summed E-state index contributed by atoms with van der Waals surface area (Å²) in [5.74, 6) is 0. The lowest BCUT2D eigenvalue weighted by Crippen LogP contribution is -2.05. The first kappa shape index (κ1) is 20.0. The zero-order valence-electron chi connectivity index (χ0n) is 14.8. The summed E-state index contributed by atoms with van der Waals surface area (Å²) >= 11 is 0. The molecule has 0 spiro atoms. The molecule has 0 N–H and O–H groups in total. The Balaban J connectivity index is 0.000000403. The maximum absolute atomic E-state index is 9.75. The van der Waals surface area contributed by atoms with Crippen molar-refractivity contribution in [1.29, 1.82) is 0 Å². The van der Waals surface area contributed by atoms with Crippen molar-refractivity contribution in [2.45, 2.75) is 14.7 Å². The maximum atomic E-state index is 9.75. The fourth-order valence-electron chi connectivity index (χ4n) is 2.88. The Hall–Kier alpha value is -2.73. The summed E-state index contributed by atoms with van der Waals surface area (Å²) in [6.07, 6.45) is 0. The van der Waals surface area contributed by atoms with Gasteiger partial charge in [0.05, 0.1) is 10.9 Å². The smallest absolute Gasteiger partial charge is 0.418 e. The molecule has 4 aromatic rings. The molecule has 4 aromatic carbocycles. The summed E-state index contributed by atoms with van der Waals surface area (Å²) in [6, 6.07) is 36.9. The second-order valence-electron chi connectivity index (χ2n) is 5.90. The minimum Gasteiger partial charge on any atom is -0.418 e. The summed E-state index contributed by atoms with van der Waals surface area (Å²) in [6.45, 7) is 0. The van der Waals surface area contributed by atoms with Gasteiger partial charge in [0, 0.05) is 5.39 Å². The quantitative estimate of drug-likeness (QED) is 0.193. The molecule has 4 rings (SSSR count). The van der Waals surface area contributed by atoms with Crippen molar-refractivity contribution in [2.24, 2.45) is 0 Å². The lowest BCUT2D eigenvalue weighted by atomic mass is 10.1. The van der Waals surface area contributed by atoms with Crippen LogP contribution >= 0.6 is 0 Å². The van der Waals surface area contributed by atoms with Crippen molar-refractivity contribution >= 4 is 28.9 Å². The van der Waals surface area contributed by atoms with Crippen LogP contribution in [0.25, 0.3) is 10.8 Å². The van der Waals surface area contributed by atoms with E-state index in [9.17, 15) is 17.3 Å². The molecule has 0 amide bonds. The van der Waals surface area contributed by atoms with Gasteiger partial charge in [0.2, 0.25) is 0 Å². The van der Waals surface area contributed by atoms with Crippen LogP contribution in [-0.4, -0.2) is 7.25 Å². The van der Waals surface area contributed by atoms with Gasteiger partial charge in [-0.2, -0.15) is 0 Å². The van der Waals surface area contributed by atoms with E-state index in [0.717, 1.165) is 0 Å². The van der Waals surface area contributed by atoms with Crippen LogP contribution in [0, 0.1) is 0 Å². The molecule has 0 fully saturated rings. The van der Waals surface area contributed by atoms with Gasteiger partial charge in [0.25, 0.3) is 0 Å².